The normalized spacial score (nSPS) is 18.2. The van der Waals surface area contributed by atoms with Gasteiger partial charge in [-0.3, -0.25) is 0 Å². The molecule has 1 aliphatic rings. The van der Waals surface area contributed by atoms with Crippen LogP contribution in [0.15, 0.2) is 29.2 Å². The maximum atomic E-state index is 3.71. The Balaban J connectivity index is 1.94. The molecule has 2 heteroatoms. The van der Waals surface area contributed by atoms with Gasteiger partial charge in [0.1, 0.15) is 0 Å². The fourth-order valence-corrected chi connectivity index (χ4v) is 4.86. The van der Waals surface area contributed by atoms with Gasteiger partial charge in [-0.1, -0.05) is 45.9 Å². The van der Waals surface area contributed by atoms with Crippen molar-refractivity contribution >= 4 is 11.8 Å². The van der Waals surface area contributed by atoms with Gasteiger partial charge in [-0.2, -0.15) is 0 Å². The summed E-state index contributed by atoms with van der Waals surface area (Å²) in [6, 6.07) is 8.94. The van der Waals surface area contributed by atoms with Gasteiger partial charge in [0.25, 0.3) is 0 Å². The summed E-state index contributed by atoms with van der Waals surface area (Å²) in [4.78, 5) is 1.51. The van der Waals surface area contributed by atoms with Crippen LogP contribution < -0.4 is 5.32 Å². The number of thioether (sulfide) groups is 1. The molecule has 0 saturated heterocycles. The number of fused-ring (bicyclic) bond motifs is 1. The van der Waals surface area contributed by atoms with Gasteiger partial charge in [-0.25, -0.2) is 0 Å². The van der Waals surface area contributed by atoms with Crippen molar-refractivity contribution in [2.75, 3.05) is 13.1 Å². The van der Waals surface area contributed by atoms with E-state index in [-0.39, 0.29) is 0 Å². The number of hydrogen-bond donors (Lipinski definition) is 1. The zero-order valence-electron chi connectivity index (χ0n) is 14.1. The Morgan fingerprint density at radius 1 is 1.24 bits per heavy atom. The molecule has 21 heavy (non-hydrogen) atoms. The molecule has 0 saturated carbocycles. The maximum absolute atomic E-state index is 3.71. The van der Waals surface area contributed by atoms with Gasteiger partial charge < -0.3 is 5.32 Å². The molecule has 1 nitrogen and oxygen atoms in total. The Kier molecular flexibility index (Phi) is 6.19. The lowest BCUT2D eigenvalue weighted by Gasteiger charge is -2.34. The van der Waals surface area contributed by atoms with Gasteiger partial charge in [0.2, 0.25) is 0 Å². The van der Waals surface area contributed by atoms with Crippen molar-refractivity contribution in [2.24, 2.45) is 11.3 Å². The Morgan fingerprint density at radius 2 is 1.95 bits per heavy atom. The van der Waals surface area contributed by atoms with E-state index in [0.29, 0.717) is 5.41 Å². The molecule has 1 unspecified atom stereocenters. The fourth-order valence-electron chi connectivity index (χ4n) is 3.34. The van der Waals surface area contributed by atoms with Crippen LogP contribution in [0.25, 0.3) is 0 Å². The van der Waals surface area contributed by atoms with Crippen molar-refractivity contribution in [1.82, 2.24) is 5.32 Å². The molecule has 1 aromatic carbocycles. The first kappa shape index (κ1) is 16.9. The third-order valence-corrected chi connectivity index (χ3v) is 6.25. The summed E-state index contributed by atoms with van der Waals surface area (Å²) >= 11 is 2.11. The number of rotatable bonds is 8. The topological polar surface area (TPSA) is 12.0 Å². The molecule has 1 aliphatic heterocycles. The molecular weight excluding hydrogens is 274 g/mol. The molecule has 0 bridgehead atoms. The van der Waals surface area contributed by atoms with E-state index in [0.717, 1.165) is 17.7 Å². The summed E-state index contributed by atoms with van der Waals surface area (Å²) in [6.45, 7) is 11.6. The lowest BCUT2D eigenvalue weighted by atomic mass is 9.77. The SMILES string of the molecule is CCC(CC)(CNCC(C)C)CC1Cc2ccccc2S1. The third kappa shape index (κ3) is 4.50. The highest BCUT2D eigenvalue weighted by Gasteiger charge is 2.32. The van der Waals surface area contributed by atoms with Crippen molar-refractivity contribution in [3.05, 3.63) is 29.8 Å². The van der Waals surface area contributed by atoms with Crippen LogP contribution in [-0.4, -0.2) is 18.3 Å². The molecule has 0 spiro atoms. The first-order chi connectivity index (χ1) is 10.1. The van der Waals surface area contributed by atoms with Crippen LogP contribution >= 0.6 is 11.8 Å². The highest BCUT2D eigenvalue weighted by Crippen LogP contribution is 2.44. The Morgan fingerprint density at radius 3 is 2.57 bits per heavy atom. The first-order valence-electron chi connectivity index (χ1n) is 8.54. The maximum Gasteiger partial charge on any atom is 0.0141 e. The van der Waals surface area contributed by atoms with Gasteiger partial charge >= 0.3 is 0 Å². The average Bonchev–Trinajstić information content (AvgIpc) is 2.87. The average molecular weight is 306 g/mol. The first-order valence-corrected chi connectivity index (χ1v) is 9.42. The van der Waals surface area contributed by atoms with Crippen molar-refractivity contribution in [2.45, 2.75) is 63.5 Å². The molecule has 1 atom stereocenters. The molecular formula is C19H31NS. The molecule has 0 amide bonds. The summed E-state index contributed by atoms with van der Waals surface area (Å²) in [5.74, 6) is 0.738. The summed E-state index contributed by atoms with van der Waals surface area (Å²) in [6.07, 6.45) is 5.15. The molecule has 0 radical (unpaired) electrons. The van der Waals surface area contributed by atoms with Gasteiger partial charge in [0, 0.05) is 16.7 Å². The van der Waals surface area contributed by atoms with Crippen molar-refractivity contribution in [3.8, 4) is 0 Å². The van der Waals surface area contributed by atoms with E-state index >= 15 is 0 Å². The lowest BCUT2D eigenvalue weighted by Crippen LogP contribution is -2.37. The van der Waals surface area contributed by atoms with Crippen LogP contribution in [0.2, 0.25) is 0 Å². The minimum atomic E-state index is 0.467. The number of nitrogens with one attached hydrogen (secondary N) is 1. The van der Waals surface area contributed by atoms with Crippen LogP contribution in [0.5, 0.6) is 0 Å². The molecule has 118 valence electrons. The number of hydrogen-bond acceptors (Lipinski definition) is 2. The Hall–Kier alpha value is -0.470. The lowest BCUT2D eigenvalue weighted by molar-refractivity contribution is 0.223. The van der Waals surface area contributed by atoms with Crippen LogP contribution in [0.4, 0.5) is 0 Å². The second kappa shape index (κ2) is 7.69. The predicted molar refractivity (Wildman–Crippen MR) is 95.1 cm³/mol. The smallest absolute Gasteiger partial charge is 0.0141 e. The molecule has 0 fully saturated rings. The minimum Gasteiger partial charge on any atom is -0.316 e. The molecule has 1 N–H and O–H groups in total. The highest BCUT2D eigenvalue weighted by molar-refractivity contribution is 8.00. The molecule has 0 aromatic heterocycles. The number of benzene rings is 1. The predicted octanol–water partition coefficient (Wildman–Crippen LogP) is 5.15. The van der Waals surface area contributed by atoms with Crippen LogP contribution in [0.1, 0.15) is 52.5 Å². The Labute approximate surface area is 135 Å². The minimum absolute atomic E-state index is 0.467. The summed E-state index contributed by atoms with van der Waals surface area (Å²) in [5.41, 5.74) is 2.03. The van der Waals surface area contributed by atoms with E-state index in [2.05, 4.69) is 69.0 Å². The molecule has 0 aliphatic carbocycles. The zero-order chi connectivity index (χ0) is 15.3. The standard InChI is InChI=1S/C19H31NS/c1-5-19(6-2,14-20-13-15(3)4)12-17-11-16-9-7-8-10-18(16)21-17/h7-10,15,17,20H,5-6,11-14H2,1-4H3. The summed E-state index contributed by atoms with van der Waals surface area (Å²) in [7, 11) is 0. The summed E-state index contributed by atoms with van der Waals surface area (Å²) < 4.78 is 0. The zero-order valence-corrected chi connectivity index (χ0v) is 14.9. The van der Waals surface area contributed by atoms with Gasteiger partial charge in [-0.05, 0) is 55.2 Å². The van der Waals surface area contributed by atoms with Crippen LogP contribution in [0.3, 0.4) is 0 Å². The molecule has 1 heterocycles. The van der Waals surface area contributed by atoms with Gasteiger partial charge in [0.15, 0.2) is 0 Å². The third-order valence-electron chi connectivity index (χ3n) is 4.93. The van der Waals surface area contributed by atoms with Gasteiger partial charge in [0.05, 0.1) is 0 Å². The quantitative estimate of drug-likeness (QED) is 0.713. The van der Waals surface area contributed by atoms with Gasteiger partial charge in [-0.15, -0.1) is 11.8 Å². The van der Waals surface area contributed by atoms with E-state index in [1.165, 1.54) is 37.1 Å². The van der Waals surface area contributed by atoms with Crippen molar-refractivity contribution < 1.29 is 0 Å². The second-order valence-electron chi connectivity index (χ2n) is 6.99. The van der Waals surface area contributed by atoms with E-state index in [4.69, 9.17) is 0 Å². The highest BCUT2D eigenvalue weighted by atomic mass is 32.2. The molecule has 2 rings (SSSR count). The van der Waals surface area contributed by atoms with Crippen molar-refractivity contribution in [3.63, 3.8) is 0 Å². The fraction of sp³-hybridized carbons (Fsp3) is 0.684. The molecule has 1 aromatic rings. The van der Waals surface area contributed by atoms with E-state index in [1.807, 2.05) is 0 Å². The monoisotopic (exact) mass is 305 g/mol. The largest absolute Gasteiger partial charge is 0.316 e. The second-order valence-corrected chi connectivity index (χ2v) is 8.33. The van der Waals surface area contributed by atoms with Crippen LogP contribution in [-0.2, 0) is 6.42 Å². The summed E-state index contributed by atoms with van der Waals surface area (Å²) in [5, 5.41) is 4.48. The van der Waals surface area contributed by atoms with E-state index in [1.54, 1.807) is 5.56 Å². The van der Waals surface area contributed by atoms with E-state index in [9.17, 15) is 0 Å². The van der Waals surface area contributed by atoms with Crippen molar-refractivity contribution in [1.29, 1.82) is 0 Å². The van der Waals surface area contributed by atoms with Crippen LogP contribution in [0, 0.1) is 11.3 Å². The van der Waals surface area contributed by atoms with E-state index < -0.39 is 0 Å². The Bertz CT molecular complexity index is 412.